The van der Waals surface area contributed by atoms with Gasteiger partial charge in [-0.2, -0.15) is 0 Å². The Morgan fingerprint density at radius 1 is 1.20 bits per heavy atom. The highest BCUT2D eigenvalue weighted by atomic mass is 14.6. The van der Waals surface area contributed by atoms with Crippen LogP contribution in [-0.2, 0) is 0 Å². The van der Waals surface area contributed by atoms with Gasteiger partial charge in [0.05, 0.1) is 0 Å². The van der Waals surface area contributed by atoms with Crippen molar-refractivity contribution in [1.29, 1.82) is 0 Å². The van der Waals surface area contributed by atoms with Crippen molar-refractivity contribution in [2.45, 2.75) is 52.5 Å². The summed E-state index contributed by atoms with van der Waals surface area (Å²) in [7, 11) is 0. The van der Waals surface area contributed by atoms with Crippen molar-refractivity contribution in [2.24, 2.45) is 5.73 Å². The molecule has 84 valence electrons. The molecule has 0 saturated heterocycles. The quantitative estimate of drug-likeness (QED) is 0.725. The van der Waals surface area contributed by atoms with E-state index < -0.39 is 0 Å². The van der Waals surface area contributed by atoms with E-state index in [1.165, 1.54) is 36.0 Å². The fourth-order valence-corrected chi connectivity index (χ4v) is 1.95. The second-order valence-corrected chi connectivity index (χ2v) is 4.39. The summed E-state index contributed by atoms with van der Waals surface area (Å²) in [4.78, 5) is 0. The maximum Gasteiger partial charge on any atom is 0.0297 e. The van der Waals surface area contributed by atoms with Crippen LogP contribution in [0.15, 0.2) is 18.2 Å². The molecule has 0 bridgehead atoms. The number of unbranched alkanes of at least 4 members (excludes halogenated alkanes) is 2. The van der Waals surface area contributed by atoms with Crippen molar-refractivity contribution in [3.8, 4) is 0 Å². The summed E-state index contributed by atoms with van der Waals surface area (Å²) in [5, 5.41) is 0. The fourth-order valence-electron chi connectivity index (χ4n) is 1.95. The van der Waals surface area contributed by atoms with Gasteiger partial charge >= 0.3 is 0 Å². The van der Waals surface area contributed by atoms with Gasteiger partial charge in [0.2, 0.25) is 0 Å². The van der Waals surface area contributed by atoms with Crippen molar-refractivity contribution in [3.05, 3.63) is 34.9 Å². The molecule has 0 aliphatic rings. The minimum absolute atomic E-state index is 0.219. The van der Waals surface area contributed by atoms with E-state index >= 15 is 0 Å². The summed E-state index contributed by atoms with van der Waals surface area (Å²) in [6.45, 7) is 6.55. The molecule has 0 aliphatic carbocycles. The van der Waals surface area contributed by atoms with Crippen molar-refractivity contribution in [1.82, 2.24) is 0 Å². The first-order valence-corrected chi connectivity index (χ1v) is 5.98. The first kappa shape index (κ1) is 12.3. The molecular formula is C14H23N. The van der Waals surface area contributed by atoms with Crippen LogP contribution in [0.5, 0.6) is 0 Å². The Balaban J connectivity index is 2.65. The Morgan fingerprint density at radius 2 is 1.93 bits per heavy atom. The lowest BCUT2D eigenvalue weighted by molar-refractivity contribution is 0.579. The molecule has 1 nitrogen and oxygen atoms in total. The predicted molar refractivity (Wildman–Crippen MR) is 67.0 cm³/mol. The first-order valence-electron chi connectivity index (χ1n) is 5.98. The minimum Gasteiger partial charge on any atom is -0.324 e. The monoisotopic (exact) mass is 205 g/mol. The number of hydrogen-bond acceptors (Lipinski definition) is 1. The number of nitrogens with two attached hydrogens (primary N) is 1. The highest BCUT2D eigenvalue weighted by Crippen LogP contribution is 2.22. The molecule has 1 heteroatoms. The third-order valence-corrected chi connectivity index (χ3v) is 3.16. The summed E-state index contributed by atoms with van der Waals surface area (Å²) in [6.07, 6.45) is 4.90. The summed E-state index contributed by atoms with van der Waals surface area (Å²) in [5.74, 6) is 0. The third kappa shape index (κ3) is 3.35. The lowest BCUT2D eigenvalue weighted by Crippen LogP contribution is -2.12. The number of hydrogen-bond donors (Lipinski definition) is 1. The first-order chi connectivity index (χ1) is 7.16. The largest absolute Gasteiger partial charge is 0.324 e. The SMILES string of the molecule is CCCCC[C@H](N)c1cccc(C)c1C. The molecule has 0 radical (unpaired) electrons. The van der Waals surface area contributed by atoms with E-state index in [0.29, 0.717) is 0 Å². The number of aryl methyl sites for hydroxylation is 1. The van der Waals surface area contributed by atoms with Crippen molar-refractivity contribution >= 4 is 0 Å². The second kappa shape index (κ2) is 5.92. The molecule has 0 fully saturated rings. The molecule has 0 aliphatic heterocycles. The predicted octanol–water partition coefficient (Wildman–Crippen LogP) is 3.88. The maximum absolute atomic E-state index is 6.21. The van der Waals surface area contributed by atoms with E-state index in [9.17, 15) is 0 Å². The van der Waals surface area contributed by atoms with E-state index in [4.69, 9.17) is 5.73 Å². The molecule has 15 heavy (non-hydrogen) atoms. The van der Waals surface area contributed by atoms with Crippen LogP contribution < -0.4 is 5.73 Å². The minimum atomic E-state index is 0.219. The van der Waals surface area contributed by atoms with E-state index in [1.54, 1.807) is 0 Å². The topological polar surface area (TPSA) is 26.0 Å². The van der Waals surface area contributed by atoms with E-state index in [1.807, 2.05) is 0 Å². The van der Waals surface area contributed by atoms with Crippen molar-refractivity contribution in [2.75, 3.05) is 0 Å². The standard InChI is InChI=1S/C14H23N/c1-4-5-6-10-14(15)13-9-7-8-11(2)12(13)3/h7-9,14H,4-6,10,15H2,1-3H3/t14-/m0/s1. The van der Waals surface area contributed by atoms with E-state index in [-0.39, 0.29) is 6.04 Å². The van der Waals surface area contributed by atoms with Crippen molar-refractivity contribution in [3.63, 3.8) is 0 Å². The summed E-state index contributed by atoms with van der Waals surface area (Å²) < 4.78 is 0. The van der Waals surface area contributed by atoms with Crippen molar-refractivity contribution < 1.29 is 0 Å². The average molecular weight is 205 g/mol. The van der Waals surface area contributed by atoms with E-state index in [0.717, 1.165) is 6.42 Å². The molecule has 0 spiro atoms. The van der Waals surface area contributed by atoms with Crippen LogP contribution in [-0.4, -0.2) is 0 Å². The van der Waals surface area contributed by atoms with Crippen LogP contribution in [0.2, 0.25) is 0 Å². The smallest absolute Gasteiger partial charge is 0.0297 e. The zero-order chi connectivity index (χ0) is 11.3. The Labute approximate surface area is 93.7 Å². The van der Waals surface area contributed by atoms with Crippen LogP contribution in [0.3, 0.4) is 0 Å². The molecule has 1 aromatic carbocycles. The van der Waals surface area contributed by atoms with Gasteiger partial charge in [-0.3, -0.25) is 0 Å². The van der Waals surface area contributed by atoms with E-state index in [2.05, 4.69) is 39.0 Å². The molecule has 2 N–H and O–H groups in total. The molecule has 1 atom stereocenters. The maximum atomic E-state index is 6.21. The van der Waals surface area contributed by atoms with Crippen LogP contribution in [0.25, 0.3) is 0 Å². The summed E-state index contributed by atoms with van der Waals surface area (Å²) >= 11 is 0. The number of rotatable bonds is 5. The van der Waals surface area contributed by atoms with Crippen LogP contribution in [0.1, 0.15) is 55.3 Å². The van der Waals surface area contributed by atoms with Gasteiger partial charge in [-0.05, 0) is 37.0 Å². The van der Waals surface area contributed by atoms with Gasteiger partial charge in [0.1, 0.15) is 0 Å². The van der Waals surface area contributed by atoms with Crippen LogP contribution >= 0.6 is 0 Å². The van der Waals surface area contributed by atoms with Gasteiger partial charge in [-0.1, -0.05) is 44.4 Å². The molecule has 1 rings (SSSR count). The van der Waals surface area contributed by atoms with Gasteiger partial charge in [-0.15, -0.1) is 0 Å². The second-order valence-electron chi connectivity index (χ2n) is 4.39. The van der Waals surface area contributed by atoms with Crippen LogP contribution in [0, 0.1) is 13.8 Å². The normalized spacial score (nSPS) is 12.8. The number of benzene rings is 1. The zero-order valence-corrected chi connectivity index (χ0v) is 10.2. The van der Waals surface area contributed by atoms with Gasteiger partial charge in [0.15, 0.2) is 0 Å². The highest BCUT2D eigenvalue weighted by Gasteiger charge is 2.09. The molecule has 0 amide bonds. The lowest BCUT2D eigenvalue weighted by Gasteiger charge is -2.15. The summed E-state index contributed by atoms with van der Waals surface area (Å²) in [5.41, 5.74) is 10.2. The lowest BCUT2D eigenvalue weighted by atomic mass is 9.95. The molecule has 0 saturated carbocycles. The van der Waals surface area contributed by atoms with Gasteiger partial charge < -0.3 is 5.73 Å². The average Bonchev–Trinajstić information content (AvgIpc) is 2.22. The summed E-state index contributed by atoms with van der Waals surface area (Å²) in [6, 6.07) is 6.64. The van der Waals surface area contributed by atoms with Gasteiger partial charge in [0.25, 0.3) is 0 Å². The highest BCUT2D eigenvalue weighted by molar-refractivity contribution is 5.35. The Bertz CT molecular complexity index is 304. The molecular weight excluding hydrogens is 182 g/mol. The molecule has 0 aromatic heterocycles. The van der Waals surface area contributed by atoms with Crippen LogP contribution in [0.4, 0.5) is 0 Å². The Kier molecular flexibility index (Phi) is 4.83. The van der Waals surface area contributed by atoms with Gasteiger partial charge in [-0.25, -0.2) is 0 Å². The Hall–Kier alpha value is -0.820. The Morgan fingerprint density at radius 3 is 2.60 bits per heavy atom. The third-order valence-electron chi connectivity index (χ3n) is 3.16. The van der Waals surface area contributed by atoms with Gasteiger partial charge in [0, 0.05) is 6.04 Å². The molecule has 0 unspecified atom stereocenters. The zero-order valence-electron chi connectivity index (χ0n) is 10.2. The fraction of sp³-hybridized carbons (Fsp3) is 0.571. The molecule has 1 aromatic rings. The molecule has 0 heterocycles.